The van der Waals surface area contributed by atoms with Gasteiger partial charge in [0.1, 0.15) is 0 Å². The van der Waals surface area contributed by atoms with Gasteiger partial charge in [0.05, 0.1) is 11.0 Å². The van der Waals surface area contributed by atoms with Gasteiger partial charge in [-0.2, -0.15) is 0 Å². The molecule has 0 aliphatic heterocycles. The maximum atomic E-state index is 11.9. The molecule has 0 unspecified atom stereocenters. The fourth-order valence-corrected chi connectivity index (χ4v) is 1.53. The van der Waals surface area contributed by atoms with E-state index in [4.69, 9.17) is 0 Å². The van der Waals surface area contributed by atoms with Crippen LogP contribution in [0.3, 0.4) is 0 Å². The van der Waals surface area contributed by atoms with E-state index in [2.05, 4.69) is 9.97 Å². The predicted molar refractivity (Wildman–Crippen MR) is 63.3 cm³/mol. The zero-order valence-electron chi connectivity index (χ0n) is 9.27. The predicted octanol–water partition coefficient (Wildman–Crippen LogP) is 2.78. The van der Waals surface area contributed by atoms with Crippen LogP contribution in [0, 0.1) is 0 Å². The maximum Gasteiger partial charge on any atom is 0.188 e. The molecule has 3 nitrogen and oxygen atoms in total. The van der Waals surface area contributed by atoms with Crippen LogP contribution >= 0.6 is 0 Å². The van der Waals surface area contributed by atoms with E-state index in [9.17, 15) is 4.79 Å². The molecule has 0 amide bonds. The van der Waals surface area contributed by atoms with Gasteiger partial charge in [0.15, 0.2) is 5.78 Å². The normalized spacial score (nSPS) is 10.1. The quantitative estimate of drug-likeness (QED) is 0.568. The Labute approximate surface area is 93.8 Å². The highest BCUT2D eigenvalue weighted by Crippen LogP contribution is 2.15. The first-order valence-corrected chi connectivity index (χ1v) is 5.07. The highest BCUT2D eigenvalue weighted by atomic mass is 16.1. The third kappa shape index (κ3) is 1.98. The molecule has 0 spiro atoms. The molecule has 0 N–H and O–H groups in total. The van der Waals surface area contributed by atoms with Gasteiger partial charge in [0.2, 0.25) is 0 Å². The van der Waals surface area contributed by atoms with Crippen LogP contribution in [0.5, 0.6) is 0 Å². The zero-order valence-corrected chi connectivity index (χ0v) is 9.27. The zero-order chi connectivity index (χ0) is 11.5. The number of rotatable bonds is 2. The van der Waals surface area contributed by atoms with Gasteiger partial charge >= 0.3 is 0 Å². The Balaban J connectivity index is 2.61. The lowest BCUT2D eigenvalue weighted by Gasteiger charge is -2.01. The van der Waals surface area contributed by atoms with Crippen molar-refractivity contribution in [1.82, 2.24) is 9.97 Å². The molecule has 0 saturated heterocycles. The Kier molecular flexibility index (Phi) is 2.77. The second kappa shape index (κ2) is 4.23. The van der Waals surface area contributed by atoms with Crippen molar-refractivity contribution < 1.29 is 4.79 Å². The summed E-state index contributed by atoms with van der Waals surface area (Å²) < 4.78 is 0. The second-order valence-electron chi connectivity index (χ2n) is 3.82. The average Bonchev–Trinajstić information content (AvgIpc) is 2.27. The molecular formula is C13H12N2O. The van der Waals surface area contributed by atoms with E-state index in [0.29, 0.717) is 11.1 Å². The Morgan fingerprint density at radius 2 is 1.94 bits per heavy atom. The average molecular weight is 212 g/mol. The number of aromatic nitrogens is 2. The van der Waals surface area contributed by atoms with Crippen molar-refractivity contribution in [1.29, 1.82) is 0 Å². The number of allylic oxidation sites excluding steroid dienone is 2. The third-order valence-corrected chi connectivity index (χ3v) is 2.18. The van der Waals surface area contributed by atoms with Crippen molar-refractivity contribution in [3.05, 3.63) is 47.8 Å². The molecule has 3 heteroatoms. The van der Waals surface area contributed by atoms with Gasteiger partial charge in [-0.05, 0) is 32.1 Å². The molecule has 0 saturated carbocycles. The molecule has 0 bridgehead atoms. The van der Waals surface area contributed by atoms with E-state index in [1.165, 1.54) is 0 Å². The van der Waals surface area contributed by atoms with Gasteiger partial charge in [-0.3, -0.25) is 14.8 Å². The lowest BCUT2D eigenvalue weighted by molar-refractivity contribution is 0.104. The summed E-state index contributed by atoms with van der Waals surface area (Å²) in [6.45, 7) is 3.80. The fourth-order valence-electron chi connectivity index (χ4n) is 1.53. The molecule has 2 aromatic rings. The molecule has 1 heterocycles. The number of carbonyl (C=O) groups is 1. The van der Waals surface area contributed by atoms with E-state index >= 15 is 0 Å². The number of para-hydroxylation sites is 1. The van der Waals surface area contributed by atoms with Gasteiger partial charge in [0.25, 0.3) is 0 Å². The number of hydrogen-bond acceptors (Lipinski definition) is 3. The number of carbonyl (C=O) groups excluding carboxylic acids is 1. The van der Waals surface area contributed by atoms with E-state index in [-0.39, 0.29) is 5.78 Å². The minimum Gasteiger partial charge on any atom is -0.289 e. The van der Waals surface area contributed by atoms with Gasteiger partial charge in [0, 0.05) is 18.0 Å². The van der Waals surface area contributed by atoms with Crippen molar-refractivity contribution in [3.63, 3.8) is 0 Å². The number of ketones is 1. The Bertz CT molecular complexity index is 564. The highest BCUT2D eigenvalue weighted by molar-refractivity contribution is 6.11. The van der Waals surface area contributed by atoms with Crippen molar-refractivity contribution in [2.45, 2.75) is 13.8 Å². The minimum absolute atomic E-state index is 0.0221. The van der Waals surface area contributed by atoms with Gasteiger partial charge < -0.3 is 0 Å². The molecule has 0 atom stereocenters. The van der Waals surface area contributed by atoms with Crippen LogP contribution in [0.25, 0.3) is 11.0 Å². The molecular weight excluding hydrogens is 200 g/mol. The number of nitrogens with zero attached hydrogens (tertiary/aromatic N) is 2. The first kappa shape index (κ1) is 10.5. The van der Waals surface area contributed by atoms with Crippen LogP contribution in [0.1, 0.15) is 24.2 Å². The van der Waals surface area contributed by atoms with E-state index in [1.807, 2.05) is 26.0 Å². The molecule has 0 radical (unpaired) electrons. The summed E-state index contributed by atoms with van der Waals surface area (Å²) in [5.74, 6) is -0.0221. The first-order valence-electron chi connectivity index (χ1n) is 5.07. The number of benzene rings is 1. The van der Waals surface area contributed by atoms with Gasteiger partial charge in [-0.15, -0.1) is 0 Å². The Hall–Kier alpha value is -2.03. The van der Waals surface area contributed by atoms with Gasteiger partial charge in [-0.1, -0.05) is 11.6 Å². The molecule has 1 aromatic heterocycles. The van der Waals surface area contributed by atoms with Crippen LogP contribution in [0.15, 0.2) is 42.2 Å². The molecule has 1 aromatic carbocycles. The standard InChI is InChI=1S/C13H12N2O/c1-9(2)8-12(16)10-4-3-5-11-13(10)15-7-6-14-11/h3-8H,1-2H3. The molecule has 2 rings (SSSR count). The topological polar surface area (TPSA) is 42.9 Å². The van der Waals surface area contributed by atoms with Crippen LogP contribution in [-0.4, -0.2) is 15.8 Å². The summed E-state index contributed by atoms with van der Waals surface area (Å²) in [6.07, 6.45) is 4.84. The summed E-state index contributed by atoms with van der Waals surface area (Å²) in [6, 6.07) is 5.45. The van der Waals surface area contributed by atoms with Crippen molar-refractivity contribution in [2.75, 3.05) is 0 Å². The smallest absolute Gasteiger partial charge is 0.188 e. The number of fused-ring (bicyclic) bond motifs is 1. The van der Waals surface area contributed by atoms with E-state index in [1.54, 1.807) is 24.5 Å². The largest absolute Gasteiger partial charge is 0.289 e. The van der Waals surface area contributed by atoms with Gasteiger partial charge in [-0.25, -0.2) is 0 Å². The first-order chi connectivity index (χ1) is 7.68. The second-order valence-corrected chi connectivity index (χ2v) is 3.82. The van der Waals surface area contributed by atoms with Crippen LogP contribution in [-0.2, 0) is 0 Å². The molecule has 0 aliphatic carbocycles. The summed E-state index contributed by atoms with van der Waals surface area (Å²) in [5, 5.41) is 0. The SMILES string of the molecule is CC(C)=CC(=O)c1cccc2nccnc12. The molecule has 0 fully saturated rings. The monoisotopic (exact) mass is 212 g/mol. The van der Waals surface area contributed by atoms with Crippen LogP contribution in [0.4, 0.5) is 0 Å². The third-order valence-electron chi connectivity index (χ3n) is 2.18. The summed E-state index contributed by atoms with van der Waals surface area (Å²) in [4.78, 5) is 20.3. The summed E-state index contributed by atoms with van der Waals surface area (Å²) in [5.41, 5.74) is 2.99. The molecule has 16 heavy (non-hydrogen) atoms. The lowest BCUT2D eigenvalue weighted by Crippen LogP contribution is -1.98. The maximum absolute atomic E-state index is 11.9. The highest BCUT2D eigenvalue weighted by Gasteiger charge is 2.08. The fraction of sp³-hybridized carbons (Fsp3) is 0.154. The van der Waals surface area contributed by atoms with Crippen molar-refractivity contribution in [2.24, 2.45) is 0 Å². The summed E-state index contributed by atoms with van der Waals surface area (Å²) >= 11 is 0. The van der Waals surface area contributed by atoms with Crippen LogP contribution < -0.4 is 0 Å². The van der Waals surface area contributed by atoms with Crippen LogP contribution in [0.2, 0.25) is 0 Å². The minimum atomic E-state index is -0.0221. The van der Waals surface area contributed by atoms with E-state index < -0.39 is 0 Å². The molecule has 0 aliphatic rings. The number of hydrogen-bond donors (Lipinski definition) is 0. The lowest BCUT2D eigenvalue weighted by atomic mass is 10.1. The Morgan fingerprint density at radius 1 is 1.19 bits per heavy atom. The Morgan fingerprint density at radius 3 is 2.69 bits per heavy atom. The molecule has 80 valence electrons. The van der Waals surface area contributed by atoms with Crippen molar-refractivity contribution in [3.8, 4) is 0 Å². The summed E-state index contributed by atoms with van der Waals surface area (Å²) in [7, 11) is 0. The van der Waals surface area contributed by atoms with E-state index in [0.717, 1.165) is 11.1 Å². The van der Waals surface area contributed by atoms with Crippen molar-refractivity contribution >= 4 is 16.8 Å².